The number of ether oxygens (including phenoxy) is 1. The van der Waals surface area contributed by atoms with Gasteiger partial charge in [0.1, 0.15) is 10.8 Å². The molecule has 1 aromatic carbocycles. The lowest BCUT2D eigenvalue weighted by Gasteiger charge is -2.38. The van der Waals surface area contributed by atoms with Gasteiger partial charge in [-0.2, -0.15) is 0 Å². The Bertz CT molecular complexity index is 1110. The van der Waals surface area contributed by atoms with Crippen LogP contribution in [0.25, 0.3) is 0 Å². The van der Waals surface area contributed by atoms with Gasteiger partial charge < -0.3 is 20.3 Å². The number of hydrogen-bond donors (Lipinski definition) is 2. The van der Waals surface area contributed by atoms with Gasteiger partial charge in [0.2, 0.25) is 0 Å². The fraction of sp³-hybridized carbons (Fsp3) is 0.458. The molecule has 1 unspecified atom stereocenters. The number of anilines is 2. The zero-order valence-corrected chi connectivity index (χ0v) is 19.9. The average Bonchev–Trinajstić information content (AvgIpc) is 3.10. The Morgan fingerprint density at radius 2 is 1.94 bits per heavy atom. The van der Waals surface area contributed by atoms with E-state index in [0.29, 0.717) is 22.0 Å². The van der Waals surface area contributed by atoms with Gasteiger partial charge in [-0.25, -0.2) is 0 Å². The molecule has 170 valence electrons. The minimum absolute atomic E-state index is 0.0282. The Morgan fingerprint density at radius 3 is 2.66 bits per heavy atom. The highest BCUT2D eigenvalue weighted by molar-refractivity contribution is 7.17. The zero-order valence-electron chi connectivity index (χ0n) is 19.1. The number of thiophene rings is 1. The molecule has 3 amide bonds. The second-order valence-electron chi connectivity index (χ2n) is 8.97. The van der Waals surface area contributed by atoms with E-state index in [1.807, 2.05) is 32.9 Å². The van der Waals surface area contributed by atoms with Gasteiger partial charge in [-0.1, -0.05) is 6.07 Å². The summed E-state index contributed by atoms with van der Waals surface area (Å²) < 4.78 is 5.96. The monoisotopic (exact) mass is 455 g/mol. The second kappa shape index (κ2) is 8.24. The van der Waals surface area contributed by atoms with Crippen molar-refractivity contribution in [3.05, 3.63) is 39.8 Å². The van der Waals surface area contributed by atoms with Gasteiger partial charge in [0, 0.05) is 18.0 Å². The summed E-state index contributed by atoms with van der Waals surface area (Å²) in [6.45, 7) is 7.21. The molecule has 0 bridgehead atoms. The van der Waals surface area contributed by atoms with E-state index in [9.17, 15) is 14.4 Å². The molecule has 1 aliphatic carbocycles. The molecule has 7 nitrogen and oxygen atoms in total. The maximum atomic E-state index is 13.4. The highest BCUT2D eigenvalue weighted by Gasteiger charge is 2.50. The topological polar surface area (TPSA) is 87.7 Å². The number of hydrogen-bond acceptors (Lipinski definition) is 5. The van der Waals surface area contributed by atoms with Crippen molar-refractivity contribution < 1.29 is 19.1 Å². The van der Waals surface area contributed by atoms with Crippen molar-refractivity contribution in [1.82, 2.24) is 5.32 Å². The molecule has 1 atom stereocenters. The van der Waals surface area contributed by atoms with Crippen LogP contribution in [0.1, 0.15) is 60.0 Å². The van der Waals surface area contributed by atoms with E-state index in [4.69, 9.17) is 4.74 Å². The highest BCUT2D eigenvalue weighted by atomic mass is 32.1. The fourth-order valence-corrected chi connectivity index (χ4v) is 5.54. The largest absolute Gasteiger partial charge is 0.465 e. The number of amides is 3. The number of carbonyl (C=O) groups is 3. The molecule has 4 rings (SSSR count). The number of benzene rings is 1. The van der Waals surface area contributed by atoms with Crippen molar-refractivity contribution in [2.75, 3.05) is 17.3 Å². The number of aryl methyl sites for hydroxylation is 2. The molecule has 0 spiro atoms. The molecule has 0 saturated carbocycles. The van der Waals surface area contributed by atoms with Crippen LogP contribution in [0, 0.1) is 6.92 Å². The lowest BCUT2D eigenvalue weighted by Crippen LogP contribution is -2.59. The predicted molar refractivity (Wildman–Crippen MR) is 126 cm³/mol. The van der Waals surface area contributed by atoms with Gasteiger partial charge in [0.15, 0.2) is 0 Å². The number of fused-ring (bicyclic) bond motifs is 2. The molecule has 1 aromatic heterocycles. The average molecular weight is 456 g/mol. The van der Waals surface area contributed by atoms with E-state index < -0.39 is 17.4 Å². The van der Waals surface area contributed by atoms with Crippen molar-refractivity contribution in [1.29, 1.82) is 0 Å². The minimum Gasteiger partial charge on any atom is -0.465 e. The SMILES string of the molecule is Cc1ccc2c(c1)N(C)C(=O)C(C)(C(=O)Nc1sc3c(c1C(=O)NC(C)C)CCCC3)O2. The van der Waals surface area contributed by atoms with Gasteiger partial charge >= 0.3 is 0 Å². The van der Waals surface area contributed by atoms with Gasteiger partial charge in [0.05, 0.1) is 11.3 Å². The number of likely N-dealkylation sites (N-methyl/N-ethyl adjacent to an activating group) is 1. The third-order valence-corrected chi connectivity index (χ3v) is 7.19. The second-order valence-corrected chi connectivity index (χ2v) is 10.1. The quantitative estimate of drug-likeness (QED) is 0.686. The Morgan fingerprint density at radius 1 is 1.22 bits per heavy atom. The lowest BCUT2D eigenvalue weighted by molar-refractivity contribution is -0.144. The van der Waals surface area contributed by atoms with Crippen LogP contribution in [0.4, 0.5) is 10.7 Å². The first kappa shape index (κ1) is 22.3. The summed E-state index contributed by atoms with van der Waals surface area (Å²) in [7, 11) is 1.64. The normalized spacial score (nSPS) is 19.8. The van der Waals surface area contributed by atoms with Gasteiger partial charge in [-0.05, 0) is 76.6 Å². The van der Waals surface area contributed by atoms with Gasteiger partial charge in [0.25, 0.3) is 23.3 Å². The van der Waals surface area contributed by atoms with Crippen LogP contribution in [0.3, 0.4) is 0 Å². The van der Waals surface area contributed by atoms with E-state index >= 15 is 0 Å². The molecule has 1 aliphatic heterocycles. The Hall–Kier alpha value is -2.87. The van der Waals surface area contributed by atoms with Crippen LogP contribution in [0.15, 0.2) is 18.2 Å². The first-order valence-electron chi connectivity index (χ1n) is 11.0. The summed E-state index contributed by atoms with van der Waals surface area (Å²) >= 11 is 1.42. The minimum atomic E-state index is -1.74. The lowest BCUT2D eigenvalue weighted by atomic mass is 9.95. The van der Waals surface area contributed by atoms with Crippen molar-refractivity contribution in [2.24, 2.45) is 0 Å². The molecule has 32 heavy (non-hydrogen) atoms. The number of nitrogens with one attached hydrogen (secondary N) is 2. The predicted octanol–water partition coefficient (Wildman–Crippen LogP) is 3.83. The van der Waals surface area contributed by atoms with Crippen LogP contribution in [-0.2, 0) is 22.4 Å². The summed E-state index contributed by atoms with van der Waals surface area (Å²) in [4.78, 5) is 42.2. The van der Waals surface area contributed by atoms with Crippen LogP contribution in [0.2, 0.25) is 0 Å². The first-order chi connectivity index (χ1) is 15.1. The molecule has 2 aromatic rings. The van der Waals surface area contributed by atoms with Crippen molar-refractivity contribution in [3.63, 3.8) is 0 Å². The smallest absolute Gasteiger partial charge is 0.280 e. The van der Waals surface area contributed by atoms with E-state index in [-0.39, 0.29) is 11.9 Å². The first-order valence-corrected chi connectivity index (χ1v) is 11.8. The third-order valence-electron chi connectivity index (χ3n) is 5.98. The molecule has 2 heterocycles. The summed E-state index contributed by atoms with van der Waals surface area (Å²) in [6, 6.07) is 5.47. The van der Waals surface area contributed by atoms with Crippen LogP contribution < -0.4 is 20.3 Å². The number of carbonyl (C=O) groups excluding carboxylic acids is 3. The van der Waals surface area contributed by atoms with Gasteiger partial charge in [-0.15, -0.1) is 11.3 Å². The molecule has 8 heteroatoms. The maximum absolute atomic E-state index is 13.4. The summed E-state index contributed by atoms with van der Waals surface area (Å²) in [6.07, 6.45) is 3.77. The van der Waals surface area contributed by atoms with Crippen LogP contribution >= 0.6 is 11.3 Å². The van der Waals surface area contributed by atoms with Crippen molar-refractivity contribution in [2.45, 2.75) is 65.0 Å². The molecule has 0 fully saturated rings. The highest BCUT2D eigenvalue weighted by Crippen LogP contribution is 2.41. The summed E-state index contributed by atoms with van der Waals surface area (Å²) in [5.74, 6) is -0.771. The van der Waals surface area contributed by atoms with E-state index in [1.165, 1.54) is 23.2 Å². The Labute approximate surface area is 192 Å². The molecule has 0 radical (unpaired) electrons. The van der Waals surface area contributed by atoms with Crippen LogP contribution in [0.5, 0.6) is 5.75 Å². The summed E-state index contributed by atoms with van der Waals surface area (Å²) in [5, 5.41) is 6.30. The standard InChI is InChI=1S/C24H29N3O4S/c1-13(2)25-20(28)19-15-8-6-7-9-18(15)32-21(19)26-22(29)24(4)23(30)27(5)16-12-14(3)10-11-17(16)31-24/h10-13H,6-9H2,1-5H3,(H,25,28)(H,26,29). The molecule has 2 N–H and O–H groups in total. The van der Waals surface area contributed by atoms with E-state index in [0.717, 1.165) is 41.7 Å². The number of nitrogens with zero attached hydrogens (tertiary/aromatic N) is 1. The number of rotatable bonds is 4. The molecule has 0 saturated heterocycles. The van der Waals surface area contributed by atoms with E-state index in [1.54, 1.807) is 13.1 Å². The Balaban J connectivity index is 1.68. The zero-order chi connectivity index (χ0) is 23.2. The van der Waals surface area contributed by atoms with Crippen LogP contribution in [-0.4, -0.2) is 36.4 Å². The van der Waals surface area contributed by atoms with E-state index in [2.05, 4.69) is 10.6 Å². The van der Waals surface area contributed by atoms with Gasteiger partial charge in [-0.3, -0.25) is 14.4 Å². The Kier molecular flexibility index (Phi) is 5.75. The summed E-state index contributed by atoms with van der Waals surface area (Å²) in [5.41, 5.74) is 1.40. The molecular weight excluding hydrogens is 426 g/mol. The third kappa shape index (κ3) is 3.77. The van der Waals surface area contributed by atoms with Crippen molar-refractivity contribution >= 4 is 39.7 Å². The maximum Gasteiger partial charge on any atom is 0.280 e. The van der Waals surface area contributed by atoms with Crippen molar-refractivity contribution in [3.8, 4) is 5.75 Å². The fourth-order valence-electron chi connectivity index (χ4n) is 4.26. The molecular formula is C24H29N3O4S. The molecule has 2 aliphatic rings.